The summed E-state index contributed by atoms with van der Waals surface area (Å²) in [6.45, 7) is 0.707. The van der Waals surface area contributed by atoms with Gasteiger partial charge in [-0.15, -0.1) is 11.3 Å². The number of carbonyl (C=O) groups excluding carboxylic acids is 1. The number of aliphatic hydroxyl groups is 1. The summed E-state index contributed by atoms with van der Waals surface area (Å²) in [7, 11) is 0. The van der Waals surface area contributed by atoms with E-state index in [2.05, 4.69) is 11.4 Å². The highest BCUT2D eigenvalue weighted by Crippen LogP contribution is 2.30. The molecule has 1 aromatic rings. The first kappa shape index (κ1) is 12.2. The molecular formula is C14H19NO2S. The minimum atomic E-state index is -0.155. The predicted molar refractivity (Wildman–Crippen MR) is 72.0 cm³/mol. The summed E-state index contributed by atoms with van der Waals surface area (Å²) in [5.74, 6) is 0.520. The van der Waals surface area contributed by atoms with Crippen molar-refractivity contribution in [3.8, 4) is 0 Å². The molecule has 2 aliphatic rings. The lowest BCUT2D eigenvalue weighted by Gasteiger charge is -2.09. The van der Waals surface area contributed by atoms with Gasteiger partial charge in [-0.1, -0.05) is 0 Å². The van der Waals surface area contributed by atoms with Crippen molar-refractivity contribution in [2.45, 2.75) is 44.6 Å². The van der Waals surface area contributed by atoms with Gasteiger partial charge in [0.1, 0.15) is 0 Å². The number of nitrogens with one attached hydrogen (secondary N) is 1. The van der Waals surface area contributed by atoms with Crippen LogP contribution in [0.2, 0.25) is 0 Å². The molecule has 0 aromatic carbocycles. The number of aliphatic hydroxyl groups excluding tert-OH is 1. The zero-order chi connectivity index (χ0) is 12.5. The second-order valence-corrected chi connectivity index (χ2v) is 6.59. The van der Waals surface area contributed by atoms with Crippen LogP contribution in [0.25, 0.3) is 0 Å². The number of rotatable bonds is 3. The molecule has 2 N–H and O–H groups in total. The van der Waals surface area contributed by atoms with Gasteiger partial charge in [-0.2, -0.15) is 0 Å². The molecule has 2 aliphatic carbocycles. The predicted octanol–water partition coefficient (Wildman–Crippen LogP) is 2.13. The topological polar surface area (TPSA) is 49.3 Å². The van der Waals surface area contributed by atoms with Crippen molar-refractivity contribution in [2.75, 3.05) is 6.54 Å². The first-order valence-electron chi connectivity index (χ1n) is 6.80. The van der Waals surface area contributed by atoms with Crippen molar-refractivity contribution in [2.24, 2.45) is 5.92 Å². The van der Waals surface area contributed by atoms with E-state index in [-0.39, 0.29) is 12.0 Å². The largest absolute Gasteiger partial charge is 0.393 e. The highest BCUT2D eigenvalue weighted by Gasteiger charge is 2.24. The molecule has 98 valence electrons. The Morgan fingerprint density at radius 1 is 1.44 bits per heavy atom. The Kier molecular flexibility index (Phi) is 3.39. The van der Waals surface area contributed by atoms with Crippen LogP contribution in [0.4, 0.5) is 0 Å². The van der Waals surface area contributed by atoms with Gasteiger partial charge in [-0.05, 0) is 56.1 Å². The van der Waals surface area contributed by atoms with Gasteiger partial charge in [0.15, 0.2) is 0 Å². The van der Waals surface area contributed by atoms with E-state index in [1.165, 1.54) is 16.9 Å². The molecule has 0 radical (unpaired) electrons. The molecule has 0 spiro atoms. The van der Waals surface area contributed by atoms with Crippen molar-refractivity contribution in [3.05, 3.63) is 21.4 Å². The van der Waals surface area contributed by atoms with Gasteiger partial charge < -0.3 is 10.4 Å². The third-order valence-electron chi connectivity index (χ3n) is 4.04. The average molecular weight is 265 g/mol. The molecule has 3 rings (SSSR count). The van der Waals surface area contributed by atoms with Crippen LogP contribution in [0.1, 0.15) is 45.8 Å². The molecule has 1 aromatic heterocycles. The SMILES string of the molecule is O=C(NCC1CCC(O)C1)c1cc2c(s1)CCC2. The van der Waals surface area contributed by atoms with Crippen molar-refractivity contribution in [1.29, 1.82) is 0 Å². The maximum Gasteiger partial charge on any atom is 0.261 e. The molecular weight excluding hydrogens is 246 g/mol. The maximum absolute atomic E-state index is 12.0. The molecule has 2 atom stereocenters. The monoisotopic (exact) mass is 265 g/mol. The Balaban J connectivity index is 1.54. The van der Waals surface area contributed by atoms with E-state index in [0.717, 1.165) is 37.0 Å². The molecule has 4 heteroatoms. The summed E-state index contributed by atoms with van der Waals surface area (Å²) in [6.07, 6.45) is 6.11. The number of hydrogen-bond acceptors (Lipinski definition) is 3. The minimum Gasteiger partial charge on any atom is -0.393 e. The zero-order valence-corrected chi connectivity index (χ0v) is 11.3. The molecule has 1 heterocycles. The summed E-state index contributed by atoms with van der Waals surface area (Å²) in [6, 6.07) is 2.06. The number of aryl methyl sites for hydroxylation is 2. The average Bonchev–Trinajstić information content (AvgIpc) is 3.00. The Morgan fingerprint density at radius 2 is 2.33 bits per heavy atom. The fourth-order valence-corrected chi connectivity index (χ4v) is 4.17. The lowest BCUT2D eigenvalue weighted by molar-refractivity contribution is 0.0949. The maximum atomic E-state index is 12.0. The van der Waals surface area contributed by atoms with E-state index < -0.39 is 0 Å². The molecule has 1 amide bonds. The van der Waals surface area contributed by atoms with Crippen molar-refractivity contribution in [1.82, 2.24) is 5.32 Å². The first-order valence-corrected chi connectivity index (χ1v) is 7.62. The van der Waals surface area contributed by atoms with Gasteiger partial charge in [0.25, 0.3) is 5.91 Å². The Labute approximate surface area is 111 Å². The fraction of sp³-hybridized carbons (Fsp3) is 0.643. The molecule has 3 nitrogen and oxygen atoms in total. The van der Waals surface area contributed by atoms with Crippen LogP contribution < -0.4 is 5.32 Å². The molecule has 0 saturated heterocycles. The fourth-order valence-electron chi connectivity index (χ4n) is 3.00. The van der Waals surface area contributed by atoms with Gasteiger partial charge in [0.05, 0.1) is 11.0 Å². The van der Waals surface area contributed by atoms with E-state index in [0.29, 0.717) is 12.5 Å². The van der Waals surface area contributed by atoms with Crippen molar-refractivity contribution < 1.29 is 9.90 Å². The van der Waals surface area contributed by atoms with Crippen molar-refractivity contribution in [3.63, 3.8) is 0 Å². The second kappa shape index (κ2) is 5.02. The molecule has 1 fully saturated rings. The summed E-state index contributed by atoms with van der Waals surface area (Å²) in [5.41, 5.74) is 1.38. The van der Waals surface area contributed by atoms with E-state index in [4.69, 9.17) is 0 Å². The summed E-state index contributed by atoms with van der Waals surface area (Å²) in [4.78, 5) is 14.3. The van der Waals surface area contributed by atoms with E-state index in [1.807, 2.05) is 0 Å². The second-order valence-electron chi connectivity index (χ2n) is 5.46. The Morgan fingerprint density at radius 3 is 3.06 bits per heavy atom. The number of hydrogen-bond donors (Lipinski definition) is 2. The first-order chi connectivity index (χ1) is 8.72. The van der Waals surface area contributed by atoms with Crippen LogP contribution in [0, 0.1) is 5.92 Å². The Bertz CT molecular complexity index is 433. The molecule has 2 unspecified atom stereocenters. The lowest BCUT2D eigenvalue weighted by atomic mass is 10.1. The van der Waals surface area contributed by atoms with Gasteiger partial charge >= 0.3 is 0 Å². The molecule has 18 heavy (non-hydrogen) atoms. The smallest absolute Gasteiger partial charge is 0.261 e. The Hall–Kier alpha value is -0.870. The summed E-state index contributed by atoms with van der Waals surface area (Å²) in [5, 5.41) is 12.5. The summed E-state index contributed by atoms with van der Waals surface area (Å²) < 4.78 is 0. The van der Waals surface area contributed by atoms with Gasteiger partial charge in [-0.3, -0.25) is 4.79 Å². The standard InChI is InChI=1S/C14H19NO2S/c16-11-5-4-9(6-11)8-15-14(17)13-7-10-2-1-3-12(10)18-13/h7,9,11,16H,1-6,8H2,(H,15,17). The highest BCUT2D eigenvalue weighted by atomic mass is 32.1. The quantitative estimate of drug-likeness (QED) is 0.879. The van der Waals surface area contributed by atoms with Crippen LogP contribution in [0.5, 0.6) is 0 Å². The summed E-state index contributed by atoms with van der Waals surface area (Å²) >= 11 is 1.65. The zero-order valence-electron chi connectivity index (χ0n) is 10.4. The number of amides is 1. The van der Waals surface area contributed by atoms with Crippen LogP contribution in [0.15, 0.2) is 6.07 Å². The van der Waals surface area contributed by atoms with Crippen molar-refractivity contribution >= 4 is 17.2 Å². The minimum absolute atomic E-state index is 0.0655. The normalized spacial score (nSPS) is 26.3. The van der Waals surface area contributed by atoms with Gasteiger partial charge in [-0.25, -0.2) is 0 Å². The molecule has 0 aliphatic heterocycles. The van der Waals surface area contributed by atoms with Crippen LogP contribution in [-0.4, -0.2) is 23.7 Å². The third kappa shape index (κ3) is 2.45. The van der Waals surface area contributed by atoms with Gasteiger partial charge in [0.2, 0.25) is 0 Å². The third-order valence-corrected chi connectivity index (χ3v) is 5.27. The number of carbonyl (C=O) groups is 1. The van der Waals surface area contributed by atoms with Gasteiger partial charge in [0, 0.05) is 11.4 Å². The van der Waals surface area contributed by atoms with Crippen LogP contribution in [0.3, 0.4) is 0 Å². The number of thiophene rings is 1. The van der Waals surface area contributed by atoms with Crippen LogP contribution >= 0.6 is 11.3 Å². The van der Waals surface area contributed by atoms with E-state index >= 15 is 0 Å². The van der Waals surface area contributed by atoms with E-state index in [1.54, 1.807) is 11.3 Å². The lowest BCUT2D eigenvalue weighted by Crippen LogP contribution is -2.28. The molecule has 1 saturated carbocycles. The van der Waals surface area contributed by atoms with Crippen LogP contribution in [-0.2, 0) is 12.8 Å². The highest BCUT2D eigenvalue weighted by molar-refractivity contribution is 7.14. The number of fused-ring (bicyclic) bond motifs is 1. The molecule has 0 bridgehead atoms. The van der Waals surface area contributed by atoms with E-state index in [9.17, 15) is 9.90 Å².